The van der Waals surface area contributed by atoms with Gasteiger partial charge in [0.25, 0.3) is 0 Å². The summed E-state index contributed by atoms with van der Waals surface area (Å²) in [6, 6.07) is 16.5. The summed E-state index contributed by atoms with van der Waals surface area (Å²) >= 11 is 1.46. The quantitative estimate of drug-likeness (QED) is 0.411. The molecule has 0 aliphatic rings. The van der Waals surface area contributed by atoms with Crippen LogP contribution in [0.3, 0.4) is 0 Å². The highest BCUT2D eigenvalue weighted by Gasteiger charge is 2.13. The Hall–Kier alpha value is -3.13. The highest BCUT2D eigenvalue weighted by molar-refractivity contribution is 7.98. The van der Waals surface area contributed by atoms with Crippen molar-refractivity contribution < 1.29 is 4.39 Å². The highest BCUT2D eigenvalue weighted by Crippen LogP contribution is 2.22. The molecule has 6 nitrogen and oxygen atoms in total. The number of benzene rings is 2. The third-order valence-electron chi connectivity index (χ3n) is 4.07. The molecule has 0 saturated carbocycles. The minimum atomic E-state index is -0.275. The average Bonchev–Trinajstić information content (AvgIpc) is 3.30. The average molecular weight is 380 g/mol. The topological polar surface area (TPSA) is 74.6 Å². The first kappa shape index (κ1) is 17.3. The Kier molecular flexibility index (Phi) is 4.88. The van der Waals surface area contributed by atoms with Gasteiger partial charge in [-0.05, 0) is 23.8 Å². The fourth-order valence-electron chi connectivity index (χ4n) is 2.64. The first-order valence-corrected chi connectivity index (χ1v) is 9.34. The molecule has 27 heavy (non-hydrogen) atoms. The van der Waals surface area contributed by atoms with Gasteiger partial charge in [-0.3, -0.25) is 0 Å². The van der Waals surface area contributed by atoms with Crippen LogP contribution in [-0.2, 0) is 12.2 Å². The molecule has 2 heterocycles. The molecule has 0 aliphatic carbocycles. The van der Waals surface area contributed by atoms with Gasteiger partial charge >= 0.3 is 0 Å². The Bertz CT molecular complexity index is 1040. The van der Waals surface area contributed by atoms with E-state index in [2.05, 4.69) is 15.3 Å². The van der Waals surface area contributed by atoms with E-state index in [1.807, 2.05) is 47.4 Å². The van der Waals surface area contributed by atoms with Gasteiger partial charge in [-0.2, -0.15) is 5.10 Å². The van der Waals surface area contributed by atoms with E-state index in [4.69, 9.17) is 5.84 Å². The summed E-state index contributed by atoms with van der Waals surface area (Å²) in [5, 5.41) is 13.2. The van der Waals surface area contributed by atoms with Gasteiger partial charge in [-0.1, -0.05) is 48.2 Å². The van der Waals surface area contributed by atoms with Gasteiger partial charge in [0.15, 0.2) is 5.82 Å². The van der Waals surface area contributed by atoms with Crippen LogP contribution < -0.4 is 5.84 Å². The van der Waals surface area contributed by atoms with Crippen molar-refractivity contribution in [2.45, 2.75) is 17.3 Å². The zero-order valence-electron chi connectivity index (χ0n) is 14.4. The summed E-state index contributed by atoms with van der Waals surface area (Å²) in [6.07, 6.45) is 4.08. The minimum Gasteiger partial charge on any atom is -0.336 e. The number of halogens is 1. The van der Waals surface area contributed by atoms with E-state index < -0.39 is 0 Å². The Morgan fingerprint density at radius 3 is 2.59 bits per heavy atom. The van der Waals surface area contributed by atoms with Crippen molar-refractivity contribution in [3.05, 3.63) is 89.8 Å². The van der Waals surface area contributed by atoms with Crippen molar-refractivity contribution in [1.82, 2.24) is 24.7 Å². The molecule has 0 fully saturated rings. The zero-order valence-corrected chi connectivity index (χ0v) is 15.2. The SMILES string of the molecule is Nn1c(Cc2ccccc2F)nnc1SCc1cnn(-c2ccccc2)c1. The lowest BCUT2D eigenvalue weighted by Crippen LogP contribution is -2.14. The van der Waals surface area contributed by atoms with Gasteiger partial charge in [-0.25, -0.2) is 13.7 Å². The van der Waals surface area contributed by atoms with Crippen molar-refractivity contribution >= 4 is 11.8 Å². The van der Waals surface area contributed by atoms with Gasteiger partial charge in [0.1, 0.15) is 5.82 Å². The fraction of sp³-hybridized carbons (Fsp3) is 0.105. The Balaban J connectivity index is 1.43. The zero-order chi connectivity index (χ0) is 18.6. The summed E-state index contributed by atoms with van der Waals surface area (Å²) in [5.74, 6) is 6.99. The van der Waals surface area contributed by atoms with Crippen LogP contribution in [0.1, 0.15) is 17.0 Å². The second kappa shape index (κ2) is 7.63. The molecule has 2 aromatic heterocycles. The van der Waals surface area contributed by atoms with E-state index in [9.17, 15) is 4.39 Å². The summed E-state index contributed by atoms with van der Waals surface area (Å²) in [4.78, 5) is 0. The largest absolute Gasteiger partial charge is 0.336 e. The fourth-order valence-corrected chi connectivity index (χ4v) is 3.43. The summed E-state index contributed by atoms with van der Waals surface area (Å²) in [7, 11) is 0. The van der Waals surface area contributed by atoms with Crippen LogP contribution in [0.5, 0.6) is 0 Å². The number of nitrogens with two attached hydrogens (primary N) is 1. The number of aromatic nitrogens is 5. The number of hydrogen-bond acceptors (Lipinski definition) is 5. The monoisotopic (exact) mass is 380 g/mol. The van der Waals surface area contributed by atoms with E-state index in [1.165, 1.54) is 22.5 Å². The van der Waals surface area contributed by atoms with Crippen molar-refractivity contribution in [2.75, 3.05) is 5.84 Å². The van der Waals surface area contributed by atoms with Gasteiger partial charge in [0.05, 0.1) is 11.9 Å². The maximum absolute atomic E-state index is 13.8. The normalized spacial score (nSPS) is 11.0. The second-order valence-corrected chi connectivity index (χ2v) is 6.90. The van der Waals surface area contributed by atoms with Crippen LogP contribution in [-0.4, -0.2) is 24.7 Å². The molecule has 4 rings (SSSR count). The lowest BCUT2D eigenvalue weighted by molar-refractivity contribution is 0.610. The molecule has 0 aliphatic heterocycles. The van der Waals surface area contributed by atoms with Crippen LogP contribution in [0.2, 0.25) is 0 Å². The predicted octanol–water partition coefficient (Wildman–Crippen LogP) is 3.20. The second-order valence-electron chi connectivity index (χ2n) is 5.95. The van der Waals surface area contributed by atoms with Crippen molar-refractivity contribution in [3.63, 3.8) is 0 Å². The maximum atomic E-state index is 13.8. The van der Waals surface area contributed by atoms with E-state index in [0.717, 1.165) is 11.3 Å². The molecule has 2 aromatic carbocycles. The molecular weight excluding hydrogens is 363 g/mol. The maximum Gasteiger partial charge on any atom is 0.210 e. The molecule has 0 unspecified atom stereocenters. The van der Waals surface area contributed by atoms with Gasteiger partial charge in [0, 0.05) is 23.9 Å². The molecule has 0 atom stereocenters. The van der Waals surface area contributed by atoms with Crippen LogP contribution in [0.25, 0.3) is 5.69 Å². The van der Waals surface area contributed by atoms with E-state index >= 15 is 0 Å². The smallest absolute Gasteiger partial charge is 0.210 e. The third kappa shape index (κ3) is 3.85. The summed E-state index contributed by atoms with van der Waals surface area (Å²) in [5.41, 5.74) is 2.59. The molecular formula is C19H17FN6S. The lowest BCUT2D eigenvalue weighted by Gasteiger charge is -2.04. The van der Waals surface area contributed by atoms with Crippen LogP contribution >= 0.6 is 11.8 Å². The van der Waals surface area contributed by atoms with Crippen LogP contribution in [0, 0.1) is 5.82 Å². The van der Waals surface area contributed by atoms with E-state index in [1.54, 1.807) is 18.2 Å². The Morgan fingerprint density at radius 2 is 1.78 bits per heavy atom. The number of hydrogen-bond donors (Lipinski definition) is 1. The molecule has 0 radical (unpaired) electrons. The van der Waals surface area contributed by atoms with Gasteiger partial charge in [0.2, 0.25) is 5.16 Å². The van der Waals surface area contributed by atoms with E-state index in [0.29, 0.717) is 28.7 Å². The number of nitrogen functional groups attached to an aromatic ring is 1. The molecule has 0 bridgehead atoms. The van der Waals surface area contributed by atoms with Crippen molar-refractivity contribution in [2.24, 2.45) is 0 Å². The lowest BCUT2D eigenvalue weighted by atomic mass is 10.1. The standard InChI is InChI=1S/C19H17FN6S/c20-17-9-5-4-6-15(17)10-18-23-24-19(26(18)21)27-13-14-11-22-25(12-14)16-7-2-1-3-8-16/h1-9,11-12H,10,13,21H2. The minimum absolute atomic E-state index is 0.275. The highest BCUT2D eigenvalue weighted by atomic mass is 32.2. The first-order valence-electron chi connectivity index (χ1n) is 8.35. The molecule has 4 aromatic rings. The Morgan fingerprint density at radius 1 is 1.00 bits per heavy atom. The molecule has 8 heteroatoms. The molecule has 2 N–H and O–H groups in total. The molecule has 0 amide bonds. The Labute approximate surface area is 159 Å². The third-order valence-corrected chi connectivity index (χ3v) is 5.08. The number of thioether (sulfide) groups is 1. The van der Waals surface area contributed by atoms with Gasteiger partial charge < -0.3 is 5.84 Å². The van der Waals surface area contributed by atoms with Crippen LogP contribution in [0.15, 0.2) is 72.1 Å². The van der Waals surface area contributed by atoms with Crippen molar-refractivity contribution in [1.29, 1.82) is 0 Å². The van der Waals surface area contributed by atoms with Crippen LogP contribution in [0.4, 0.5) is 4.39 Å². The summed E-state index contributed by atoms with van der Waals surface area (Å²) in [6.45, 7) is 0. The van der Waals surface area contributed by atoms with Gasteiger partial charge in [-0.15, -0.1) is 10.2 Å². The molecule has 136 valence electrons. The molecule has 0 saturated heterocycles. The number of rotatable bonds is 6. The van der Waals surface area contributed by atoms with Crippen molar-refractivity contribution in [3.8, 4) is 5.69 Å². The summed E-state index contributed by atoms with van der Waals surface area (Å²) < 4.78 is 17.1. The number of para-hydroxylation sites is 1. The van der Waals surface area contributed by atoms with E-state index in [-0.39, 0.29) is 5.82 Å². The predicted molar refractivity (Wildman–Crippen MR) is 103 cm³/mol. The molecule has 0 spiro atoms. The first-order chi connectivity index (χ1) is 13.2. The number of nitrogens with zero attached hydrogens (tertiary/aromatic N) is 5.